The Labute approximate surface area is 111 Å². The molecule has 2 rings (SSSR count). The third-order valence-corrected chi connectivity index (χ3v) is 3.37. The first-order valence-corrected chi connectivity index (χ1v) is 7.19. The van der Waals surface area contributed by atoms with Crippen LogP contribution in [-0.4, -0.2) is 12.6 Å². The van der Waals surface area contributed by atoms with Crippen molar-refractivity contribution in [2.24, 2.45) is 5.92 Å². The van der Waals surface area contributed by atoms with Crippen molar-refractivity contribution in [2.45, 2.75) is 52.2 Å². The van der Waals surface area contributed by atoms with E-state index in [0.717, 1.165) is 18.2 Å². The number of ether oxygens (including phenoxy) is 1. The molecule has 1 N–H and O–H groups in total. The van der Waals surface area contributed by atoms with E-state index in [1.54, 1.807) is 0 Å². The van der Waals surface area contributed by atoms with Gasteiger partial charge in [-0.05, 0) is 38.8 Å². The molecule has 18 heavy (non-hydrogen) atoms. The van der Waals surface area contributed by atoms with Gasteiger partial charge in [-0.15, -0.1) is 0 Å². The molecule has 0 aliphatic heterocycles. The predicted octanol–water partition coefficient (Wildman–Crippen LogP) is 3.92. The molecule has 0 spiro atoms. The summed E-state index contributed by atoms with van der Waals surface area (Å²) in [7, 11) is 0. The number of para-hydroxylation sites is 1. The molecule has 1 aromatic carbocycles. The van der Waals surface area contributed by atoms with Crippen molar-refractivity contribution >= 4 is 0 Å². The Kier molecular flexibility index (Phi) is 4.65. The average Bonchev–Trinajstić information content (AvgIpc) is 3.12. The van der Waals surface area contributed by atoms with E-state index in [-0.39, 0.29) is 6.10 Å². The Balaban J connectivity index is 2.15. The molecule has 0 bridgehead atoms. The van der Waals surface area contributed by atoms with Crippen LogP contribution >= 0.6 is 0 Å². The van der Waals surface area contributed by atoms with Crippen LogP contribution in [-0.2, 0) is 0 Å². The zero-order valence-corrected chi connectivity index (χ0v) is 11.8. The number of nitrogens with one attached hydrogen (secondary N) is 1. The summed E-state index contributed by atoms with van der Waals surface area (Å²) in [6.45, 7) is 7.35. The number of hydrogen-bond donors (Lipinski definition) is 1. The van der Waals surface area contributed by atoms with Gasteiger partial charge in [0, 0.05) is 11.6 Å². The molecule has 1 aliphatic carbocycles. The maximum atomic E-state index is 5.93. The Morgan fingerprint density at radius 3 is 2.61 bits per heavy atom. The van der Waals surface area contributed by atoms with Gasteiger partial charge in [-0.1, -0.05) is 38.0 Å². The first-order chi connectivity index (χ1) is 8.70. The summed E-state index contributed by atoms with van der Waals surface area (Å²) in [5.41, 5.74) is 1.32. The normalized spacial score (nSPS) is 16.9. The van der Waals surface area contributed by atoms with Crippen LogP contribution in [0.15, 0.2) is 24.3 Å². The van der Waals surface area contributed by atoms with Gasteiger partial charge < -0.3 is 10.1 Å². The van der Waals surface area contributed by atoms with Crippen LogP contribution in [0.2, 0.25) is 0 Å². The summed E-state index contributed by atoms with van der Waals surface area (Å²) in [5.74, 6) is 1.96. The molecule has 1 unspecified atom stereocenters. The molecular formula is C16H25NO. The maximum absolute atomic E-state index is 5.93. The molecule has 100 valence electrons. The van der Waals surface area contributed by atoms with Crippen molar-refractivity contribution in [3.8, 4) is 5.75 Å². The highest BCUT2D eigenvalue weighted by molar-refractivity contribution is 5.36. The maximum Gasteiger partial charge on any atom is 0.124 e. The summed E-state index contributed by atoms with van der Waals surface area (Å²) in [5, 5.41) is 3.60. The molecule has 2 nitrogen and oxygen atoms in total. The fraction of sp³-hybridized carbons (Fsp3) is 0.625. The third kappa shape index (κ3) is 3.74. The highest BCUT2D eigenvalue weighted by atomic mass is 16.5. The Hall–Kier alpha value is -1.02. The van der Waals surface area contributed by atoms with Crippen LogP contribution in [0.5, 0.6) is 5.75 Å². The van der Waals surface area contributed by atoms with Gasteiger partial charge in [-0.25, -0.2) is 0 Å². The lowest BCUT2D eigenvalue weighted by molar-refractivity contribution is 0.237. The van der Waals surface area contributed by atoms with Gasteiger partial charge in [-0.3, -0.25) is 0 Å². The molecule has 1 fully saturated rings. The lowest BCUT2D eigenvalue weighted by Gasteiger charge is -2.22. The standard InChI is InChI=1S/C16H25NO/c1-4-17-15(11-13-9-10-13)14-7-5-6-8-16(14)18-12(2)3/h5-8,12-13,15,17H,4,9-11H2,1-3H3. The highest BCUT2D eigenvalue weighted by Crippen LogP contribution is 2.39. The molecule has 0 saturated heterocycles. The van der Waals surface area contributed by atoms with Crippen molar-refractivity contribution in [1.29, 1.82) is 0 Å². The van der Waals surface area contributed by atoms with Crippen LogP contribution < -0.4 is 10.1 Å². The zero-order chi connectivity index (χ0) is 13.0. The first-order valence-electron chi connectivity index (χ1n) is 7.19. The van der Waals surface area contributed by atoms with Crippen molar-refractivity contribution < 1.29 is 4.74 Å². The van der Waals surface area contributed by atoms with Gasteiger partial charge in [0.25, 0.3) is 0 Å². The van der Waals surface area contributed by atoms with E-state index < -0.39 is 0 Å². The van der Waals surface area contributed by atoms with Gasteiger partial charge in [0.15, 0.2) is 0 Å². The van der Waals surface area contributed by atoms with Crippen molar-refractivity contribution in [3.63, 3.8) is 0 Å². The summed E-state index contributed by atoms with van der Waals surface area (Å²) in [4.78, 5) is 0. The SMILES string of the molecule is CCNC(CC1CC1)c1ccccc1OC(C)C. The topological polar surface area (TPSA) is 21.3 Å². The molecule has 1 atom stereocenters. The molecule has 1 aliphatic rings. The van der Waals surface area contributed by atoms with E-state index in [4.69, 9.17) is 4.74 Å². The second kappa shape index (κ2) is 6.24. The van der Waals surface area contributed by atoms with Crippen LogP contribution in [0.3, 0.4) is 0 Å². The predicted molar refractivity (Wildman–Crippen MR) is 76.0 cm³/mol. The summed E-state index contributed by atoms with van der Waals surface area (Å²) < 4.78 is 5.93. The fourth-order valence-electron chi connectivity index (χ4n) is 2.38. The van der Waals surface area contributed by atoms with Crippen molar-refractivity contribution in [1.82, 2.24) is 5.32 Å². The Morgan fingerprint density at radius 1 is 1.28 bits per heavy atom. The molecule has 0 aromatic heterocycles. The van der Waals surface area contributed by atoms with Crippen molar-refractivity contribution in [2.75, 3.05) is 6.54 Å². The number of hydrogen-bond acceptors (Lipinski definition) is 2. The fourth-order valence-corrected chi connectivity index (χ4v) is 2.38. The van der Waals surface area contributed by atoms with Gasteiger partial charge in [-0.2, -0.15) is 0 Å². The van der Waals surface area contributed by atoms with E-state index in [1.165, 1.54) is 24.8 Å². The third-order valence-electron chi connectivity index (χ3n) is 3.37. The molecule has 2 heteroatoms. The van der Waals surface area contributed by atoms with E-state index in [2.05, 4.69) is 50.4 Å². The average molecular weight is 247 g/mol. The minimum absolute atomic E-state index is 0.231. The van der Waals surface area contributed by atoms with Gasteiger partial charge >= 0.3 is 0 Å². The number of rotatable bonds is 7. The van der Waals surface area contributed by atoms with Crippen molar-refractivity contribution in [3.05, 3.63) is 29.8 Å². The van der Waals surface area contributed by atoms with E-state index >= 15 is 0 Å². The summed E-state index contributed by atoms with van der Waals surface area (Å²) >= 11 is 0. The van der Waals surface area contributed by atoms with Gasteiger partial charge in [0.05, 0.1) is 6.10 Å². The lowest BCUT2D eigenvalue weighted by atomic mass is 10.00. The Bertz CT molecular complexity index is 371. The van der Waals surface area contributed by atoms with Crippen LogP contribution in [0.4, 0.5) is 0 Å². The van der Waals surface area contributed by atoms with E-state index in [9.17, 15) is 0 Å². The minimum atomic E-state index is 0.231. The molecule has 1 saturated carbocycles. The molecular weight excluding hydrogens is 222 g/mol. The summed E-state index contributed by atoms with van der Waals surface area (Å²) in [6.07, 6.45) is 4.27. The number of benzene rings is 1. The molecule has 0 radical (unpaired) electrons. The monoisotopic (exact) mass is 247 g/mol. The van der Waals surface area contributed by atoms with Crippen LogP contribution in [0.25, 0.3) is 0 Å². The van der Waals surface area contributed by atoms with Crippen LogP contribution in [0, 0.1) is 5.92 Å². The molecule has 0 heterocycles. The second-order valence-corrected chi connectivity index (χ2v) is 5.49. The smallest absolute Gasteiger partial charge is 0.124 e. The minimum Gasteiger partial charge on any atom is -0.491 e. The van der Waals surface area contributed by atoms with E-state index in [0.29, 0.717) is 6.04 Å². The molecule has 0 amide bonds. The first kappa shape index (κ1) is 13.4. The Morgan fingerprint density at radius 2 is 2.00 bits per heavy atom. The highest BCUT2D eigenvalue weighted by Gasteiger charge is 2.27. The quantitative estimate of drug-likeness (QED) is 0.788. The molecule has 1 aromatic rings. The lowest BCUT2D eigenvalue weighted by Crippen LogP contribution is -2.22. The van der Waals surface area contributed by atoms with Gasteiger partial charge in [0.1, 0.15) is 5.75 Å². The largest absolute Gasteiger partial charge is 0.491 e. The second-order valence-electron chi connectivity index (χ2n) is 5.49. The summed E-state index contributed by atoms with van der Waals surface area (Å²) in [6, 6.07) is 8.90. The van der Waals surface area contributed by atoms with Crippen LogP contribution in [0.1, 0.15) is 51.6 Å². The van der Waals surface area contributed by atoms with Gasteiger partial charge in [0.2, 0.25) is 0 Å². The van der Waals surface area contributed by atoms with E-state index in [1.807, 2.05) is 0 Å². The zero-order valence-electron chi connectivity index (χ0n) is 11.8.